The Hall–Kier alpha value is -2.99. The fourth-order valence-electron chi connectivity index (χ4n) is 4.37. The highest BCUT2D eigenvalue weighted by Crippen LogP contribution is 2.41. The van der Waals surface area contributed by atoms with Crippen LogP contribution >= 0.6 is 11.3 Å². The molecule has 2 bridgehead atoms. The van der Waals surface area contributed by atoms with Crippen LogP contribution in [-0.2, 0) is 0 Å². The summed E-state index contributed by atoms with van der Waals surface area (Å²) in [7, 11) is 0. The Morgan fingerprint density at radius 2 is 1.97 bits per heavy atom. The Morgan fingerprint density at radius 1 is 1.27 bits per heavy atom. The number of amides is 1. The first-order valence-corrected chi connectivity index (χ1v) is 11.4. The number of aliphatic hydroxyl groups is 1. The van der Waals surface area contributed by atoms with E-state index < -0.39 is 17.8 Å². The van der Waals surface area contributed by atoms with Gasteiger partial charge in [0.2, 0.25) is 0 Å². The summed E-state index contributed by atoms with van der Waals surface area (Å²) in [5.41, 5.74) is 0.695. The predicted molar refractivity (Wildman–Crippen MR) is 116 cm³/mol. The second-order valence-electron chi connectivity index (χ2n) is 8.82. The minimum absolute atomic E-state index is 0.0763. The van der Waals surface area contributed by atoms with Crippen molar-refractivity contribution in [3.63, 3.8) is 0 Å². The highest BCUT2D eigenvalue weighted by Gasteiger charge is 2.49. The van der Waals surface area contributed by atoms with Crippen LogP contribution in [0.25, 0.3) is 22.4 Å². The number of rotatable bonds is 5. The van der Waals surface area contributed by atoms with Crippen LogP contribution in [0.4, 0.5) is 19.6 Å². The van der Waals surface area contributed by atoms with Crippen LogP contribution in [-0.4, -0.2) is 68.1 Å². The lowest BCUT2D eigenvalue weighted by atomic mass is 10.1. The van der Waals surface area contributed by atoms with Crippen molar-refractivity contribution in [2.45, 2.75) is 50.5 Å². The van der Waals surface area contributed by atoms with E-state index in [1.54, 1.807) is 17.0 Å². The molecule has 3 aromatic rings. The molecular formula is C21H22F2N4O5S. The average Bonchev–Trinajstić information content (AvgIpc) is 3.45. The zero-order chi connectivity index (χ0) is 23.5. The molecule has 2 saturated heterocycles. The van der Waals surface area contributed by atoms with Crippen molar-refractivity contribution in [3.05, 3.63) is 23.0 Å². The third kappa shape index (κ3) is 3.66. The maximum absolute atomic E-state index is 14.5. The zero-order valence-corrected chi connectivity index (χ0v) is 18.7. The smallest absolute Gasteiger partial charge is 0.426 e. The molecule has 12 heteroatoms. The van der Waals surface area contributed by atoms with Gasteiger partial charge in [-0.05, 0) is 38.8 Å². The number of aromatic nitrogens is 2. The van der Waals surface area contributed by atoms with Gasteiger partial charge in [0.1, 0.15) is 0 Å². The van der Waals surface area contributed by atoms with E-state index in [0.717, 1.165) is 26.7 Å². The number of anilines is 1. The highest BCUT2D eigenvalue weighted by atomic mass is 32.1. The molecule has 2 unspecified atom stereocenters. The average molecular weight is 480 g/mol. The van der Waals surface area contributed by atoms with Crippen LogP contribution in [0.15, 0.2) is 27.4 Å². The number of oxazole rings is 1. The molecule has 9 nitrogen and oxygen atoms in total. The molecule has 0 aliphatic carbocycles. The minimum Gasteiger partial charge on any atom is -0.465 e. The van der Waals surface area contributed by atoms with Gasteiger partial charge in [0.25, 0.3) is 6.01 Å². The van der Waals surface area contributed by atoms with Gasteiger partial charge in [-0.2, -0.15) is 13.8 Å². The monoisotopic (exact) mass is 480 g/mol. The number of piperazine rings is 1. The molecule has 33 heavy (non-hydrogen) atoms. The van der Waals surface area contributed by atoms with Gasteiger partial charge in [0, 0.05) is 24.0 Å². The Morgan fingerprint density at radius 3 is 2.55 bits per heavy atom. The van der Waals surface area contributed by atoms with Gasteiger partial charge in [-0.3, -0.25) is 4.90 Å². The van der Waals surface area contributed by atoms with E-state index in [1.165, 1.54) is 22.3 Å². The zero-order valence-electron chi connectivity index (χ0n) is 17.9. The molecule has 0 saturated carbocycles. The normalized spacial score (nSPS) is 21.1. The predicted octanol–water partition coefficient (Wildman–Crippen LogP) is 4.02. The number of ether oxygens (including phenoxy) is 1. The molecule has 0 radical (unpaired) electrons. The summed E-state index contributed by atoms with van der Waals surface area (Å²) in [6.45, 7) is 2.69. The van der Waals surface area contributed by atoms with Crippen molar-refractivity contribution in [3.8, 4) is 17.0 Å². The van der Waals surface area contributed by atoms with Crippen molar-refractivity contribution in [2.24, 2.45) is 0 Å². The fourth-order valence-corrected chi connectivity index (χ4v) is 4.92. The number of benzene rings is 1. The molecule has 2 aliphatic heterocycles. The highest BCUT2D eigenvalue weighted by molar-refractivity contribution is 7.07. The second-order valence-corrected chi connectivity index (χ2v) is 9.54. The molecule has 1 amide bonds. The Balaban J connectivity index is 1.56. The van der Waals surface area contributed by atoms with Crippen LogP contribution in [0.1, 0.15) is 26.7 Å². The standard InChI is InChI=1S/C21H22F2N4O5S/c1-20(2,30)21(22,23)32-15-6-5-13(14-9-33-10-24-14)17-16(15)25-18(31-17)26-7-11-3-4-12(8-26)27(11)19(28)29/h5-6,9-12,30H,3-4,7-8H2,1-2H3,(H,28,29). The lowest BCUT2D eigenvalue weighted by Crippen LogP contribution is -2.55. The third-order valence-electron chi connectivity index (χ3n) is 6.13. The van der Waals surface area contributed by atoms with Crippen LogP contribution in [0.5, 0.6) is 5.75 Å². The summed E-state index contributed by atoms with van der Waals surface area (Å²) in [6.07, 6.45) is -3.35. The van der Waals surface area contributed by atoms with Gasteiger partial charge in [-0.25, -0.2) is 9.78 Å². The lowest BCUT2D eigenvalue weighted by Gasteiger charge is -2.38. The molecule has 2 aromatic heterocycles. The van der Waals surface area contributed by atoms with Crippen LogP contribution in [0, 0.1) is 0 Å². The third-order valence-corrected chi connectivity index (χ3v) is 6.71. The number of alkyl halides is 2. The van der Waals surface area contributed by atoms with Crippen molar-refractivity contribution in [1.29, 1.82) is 0 Å². The van der Waals surface area contributed by atoms with Crippen LogP contribution < -0.4 is 9.64 Å². The van der Waals surface area contributed by atoms with Crippen LogP contribution in [0.2, 0.25) is 0 Å². The topological polar surface area (TPSA) is 112 Å². The summed E-state index contributed by atoms with van der Waals surface area (Å²) in [4.78, 5) is 23.6. The number of carbonyl (C=O) groups is 1. The van der Waals surface area contributed by atoms with E-state index in [4.69, 9.17) is 9.15 Å². The van der Waals surface area contributed by atoms with Gasteiger partial charge >= 0.3 is 12.2 Å². The SMILES string of the molecule is CC(C)(O)C(F)(F)Oc1ccc(-c2cscn2)c2oc(N3CC4CCC(C3)N4C(=O)O)nc12. The number of hydrogen-bond acceptors (Lipinski definition) is 8. The molecule has 5 rings (SSSR count). The Bertz CT molecular complexity index is 1180. The molecule has 0 spiro atoms. The molecule has 176 valence electrons. The van der Waals surface area contributed by atoms with Crippen molar-refractivity contribution in [2.75, 3.05) is 18.0 Å². The number of fused-ring (bicyclic) bond motifs is 3. The van der Waals surface area contributed by atoms with E-state index >= 15 is 0 Å². The first-order chi connectivity index (χ1) is 15.5. The first kappa shape index (κ1) is 21.8. The largest absolute Gasteiger partial charge is 0.465 e. The molecule has 2 atom stereocenters. The van der Waals surface area contributed by atoms with Gasteiger partial charge in [-0.1, -0.05) is 0 Å². The summed E-state index contributed by atoms with van der Waals surface area (Å²) in [5.74, 6) is -0.238. The maximum atomic E-state index is 14.5. The van der Waals surface area contributed by atoms with Gasteiger partial charge in [-0.15, -0.1) is 11.3 Å². The molecule has 2 fully saturated rings. The van der Waals surface area contributed by atoms with E-state index in [1.807, 2.05) is 4.90 Å². The number of hydrogen-bond donors (Lipinski definition) is 2. The van der Waals surface area contributed by atoms with Gasteiger partial charge in [0.05, 0.1) is 23.3 Å². The molecule has 4 heterocycles. The van der Waals surface area contributed by atoms with Crippen LogP contribution in [0.3, 0.4) is 0 Å². The van der Waals surface area contributed by atoms with E-state index in [9.17, 15) is 23.8 Å². The van der Waals surface area contributed by atoms with Gasteiger partial charge < -0.3 is 24.3 Å². The second kappa shape index (κ2) is 7.52. The Labute approximate surface area is 191 Å². The quantitative estimate of drug-likeness (QED) is 0.563. The number of halogens is 2. The van der Waals surface area contributed by atoms with E-state index in [2.05, 4.69) is 9.97 Å². The summed E-state index contributed by atoms with van der Waals surface area (Å²) in [6, 6.07) is 2.74. The number of nitrogens with zero attached hydrogens (tertiary/aromatic N) is 4. The summed E-state index contributed by atoms with van der Waals surface area (Å²) >= 11 is 1.38. The number of carboxylic acid groups (broad SMARTS) is 1. The van der Waals surface area contributed by atoms with Crippen molar-refractivity contribution >= 4 is 34.5 Å². The molecule has 2 N–H and O–H groups in total. The minimum atomic E-state index is -3.88. The van der Waals surface area contributed by atoms with Gasteiger partial charge in [0.15, 0.2) is 22.5 Å². The fraction of sp³-hybridized carbons (Fsp3) is 0.476. The summed E-state index contributed by atoms with van der Waals surface area (Å²) < 4.78 is 40.0. The van der Waals surface area contributed by atoms with E-state index in [0.29, 0.717) is 24.3 Å². The van der Waals surface area contributed by atoms with E-state index in [-0.39, 0.29) is 34.9 Å². The lowest BCUT2D eigenvalue weighted by molar-refractivity contribution is -0.275. The summed E-state index contributed by atoms with van der Waals surface area (Å²) in [5, 5.41) is 21.1. The molecular weight excluding hydrogens is 458 g/mol. The molecule has 2 aliphatic rings. The maximum Gasteiger partial charge on any atom is 0.426 e. The molecule has 1 aromatic carbocycles. The van der Waals surface area contributed by atoms with Crippen molar-refractivity contribution in [1.82, 2.24) is 14.9 Å². The first-order valence-electron chi connectivity index (χ1n) is 10.4. The Kier molecular flexibility index (Phi) is 4.98. The van der Waals surface area contributed by atoms with Crippen molar-refractivity contribution < 1.29 is 32.9 Å². The number of thiazole rings is 1.